The molecule has 0 radical (unpaired) electrons. The van der Waals surface area contributed by atoms with Gasteiger partial charge in [0.2, 0.25) is 0 Å². The number of esters is 1. The number of methoxy groups -OCH3 is 1. The number of hydrogen-bond donors (Lipinski definition) is 2. The van der Waals surface area contributed by atoms with E-state index in [0.717, 1.165) is 17.7 Å². The van der Waals surface area contributed by atoms with Gasteiger partial charge in [0.15, 0.2) is 0 Å². The first-order valence-corrected chi connectivity index (χ1v) is 6.59. The summed E-state index contributed by atoms with van der Waals surface area (Å²) in [6.45, 7) is 1.41. The van der Waals surface area contributed by atoms with Gasteiger partial charge in [0.25, 0.3) is 0 Å². The summed E-state index contributed by atoms with van der Waals surface area (Å²) in [7, 11) is 3.28. The van der Waals surface area contributed by atoms with Crippen LogP contribution in [0.4, 0.5) is 0 Å². The number of fused-ring (bicyclic) bond motifs is 3. The highest BCUT2D eigenvalue weighted by Crippen LogP contribution is 2.28. The summed E-state index contributed by atoms with van der Waals surface area (Å²) in [5, 5.41) is 0. The highest BCUT2D eigenvalue weighted by Gasteiger charge is 2.24. The molecule has 2 heterocycles. The van der Waals surface area contributed by atoms with E-state index in [1.54, 1.807) is 6.07 Å². The van der Waals surface area contributed by atoms with Crippen LogP contribution in [-0.2, 0) is 17.7 Å². The Labute approximate surface area is 119 Å². The first-order chi connectivity index (χ1) is 10.0. The maximum atomic E-state index is 12.0. The minimum atomic E-state index is -0.730. The molecule has 7 nitrogen and oxygen atoms in total. The number of hydrogen-bond acceptors (Lipinski definition) is 5. The van der Waals surface area contributed by atoms with E-state index in [9.17, 15) is 14.4 Å². The summed E-state index contributed by atoms with van der Waals surface area (Å²) < 4.78 is 4.82. The van der Waals surface area contributed by atoms with Crippen LogP contribution in [0, 0.1) is 0 Å². The third-order valence-corrected chi connectivity index (χ3v) is 3.82. The fraction of sp³-hybridized carbons (Fsp3) is 0.357. The molecule has 0 aliphatic carbocycles. The summed E-state index contributed by atoms with van der Waals surface area (Å²) in [4.78, 5) is 42.2. The molecule has 0 amide bonds. The second kappa shape index (κ2) is 4.85. The van der Waals surface area contributed by atoms with Gasteiger partial charge in [-0.05, 0) is 30.7 Å². The average Bonchev–Trinajstić information content (AvgIpc) is 2.47. The van der Waals surface area contributed by atoms with E-state index in [1.807, 2.05) is 7.05 Å². The van der Waals surface area contributed by atoms with Gasteiger partial charge in [0, 0.05) is 13.1 Å². The van der Waals surface area contributed by atoms with Crippen molar-refractivity contribution >= 4 is 17.0 Å². The number of H-pyrrole nitrogens is 2. The van der Waals surface area contributed by atoms with Gasteiger partial charge >= 0.3 is 17.1 Å². The number of carbonyl (C=O) groups excluding carboxylic acids is 1. The fourth-order valence-electron chi connectivity index (χ4n) is 2.77. The van der Waals surface area contributed by atoms with Crippen LogP contribution in [-0.4, -0.2) is 41.5 Å². The summed E-state index contributed by atoms with van der Waals surface area (Å²) in [5.41, 5.74) is 1.78. The van der Waals surface area contributed by atoms with Crippen molar-refractivity contribution in [1.29, 1.82) is 0 Å². The second-order valence-electron chi connectivity index (χ2n) is 5.19. The molecule has 110 valence electrons. The number of carbonyl (C=O) groups is 1. The predicted molar refractivity (Wildman–Crippen MR) is 76.6 cm³/mol. The van der Waals surface area contributed by atoms with E-state index in [4.69, 9.17) is 4.74 Å². The zero-order chi connectivity index (χ0) is 15.1. The lowest BCUT2D eigenvalue weighted by Gasteiger charge is -2.27. The lowest BCUT2D eigenvalue weighted by Crippen LogP contribution is -2.32. The Hall–Kier alpha value is -2.41. The number of likely N-dealkylation sites (N-methyl/N-ethyl adjacent to an activating group) is 1. The molecule has 1 aliphatic heterocycles. The summed E-state index contributed by atoms with van der Waals surface area (Å²) in [6.07, 6.45) is 0.690. The van der Waals surface area contributed by atoms with E-state index >= 15 is 0 Å². The largest absolute Gasteiger partial charge is 0.465 e. The Balaban J connectivity index is 2.40. The lowest BCUT2D eigenvalue weighted by atomic mass is 9.93. The Morgan fingerprint density at radius 1 is 1.24 bits per heavy atom. The molecule has 2 aromatic rings. The number of ether oxygens (including phenoxy) is 1. The van der Waals surface area contributed by atoms with Crippen LogP contribution in [0.15, 0.2) is 15.7 Å². The van der Waals surface area contributed by atoms with E-state index in [0.29, 0.717) is 29.6 Å². The van der Waals surface area contributed by atoms with E-state index in [-0.39, 0.29) is 0 Å². The molecule has 7 heteroatoms. The zero-order valence-corrected chi connectivity index (χ0v) is 11.8. The van der Waals surface area contributed by atoms with Crippen molar-refractivity contribution in [3.05, 3.63) is 43.5 Å². The Kier molecular flexibility index (Phi) is 3.13. The molecule has 0 spiro atoms. The Bertz CT molecular complexity index is 850. The Morgan fingerprint density at radius 3 is 2.67 bits per heavy atom. The fourth-order valence-corrected chi connectivity index (χ4v) is 2.77. The molecule has 1 aromatic carbocycles. The van der Waals surface area contributed by atoms with Crippen molar-refractivity contribution in [3.8, 4) is 0 Å². The molecule has 0 fully saturated rings. The second-order valence-corrected chi connectivity index (χ2v) is 5.19. The minimum Gasteiger partial charge on any atom is -0.465 e. The van der Waals surface area contributed by atoms with Crippen molar-refractivity contribution in [2.24, 2.45) is 0 Å². The summed E-state index contributed by atoms with van der Waals surface area (Å²) >= 11 is 0. The molecule has 3 rings (SSSR count). The highest BCUT2D eigenvalue weighted by molar-refractivity contribution is 5.96. The molecule has 0 unspecified atom stereocenters. The number of nitrogens with one attached hydrogen (secondary N) is 2. The smallest absolute Gasteiger partial charge is 0.338 e. The van der Waals surface area contributed by atoms with E-state index in [2.05, 4.69) is 14.9 Å². The van der Waals surface area contributed by atoms with Crippen LogP contribution in [0.5, 0.6) is 0 Å². The van der Waals surface area contributed by atoms with Gasteiger partial charge in [0.05, 0.1) is 23.7 Å². The molecule has 0 saturated heterocycles. The SMILES string of the molecule is COC(=O)c1cc2[nH]c(=O)c(=O)[nH]c2c2c1CN(C)CC2. The van der Waals surface area contributed by atoms with Gasteiger partial charge in [-0.3, -0.25) is 9.59 Å². The van der Waals surface area contributed by atoms with Crippen LogP contribution in [0.1, 0.15) is 21.5 Å². The molecule has 21 heavy (non-hydrogen) atoms. The summed E-state index contributed by atoms with van der Waals surface area (Å²) in [6, 6.07) is 1.57. The first kappa shape index (κ1) is 13.6. The number of rotatable bonds is 1. The van der Waals surface area contributed by atoms with Crippen LogP contribution in [0.2, 0.25) is 0 Å². The molecule has 1 aliphatic rings. The molecule has 2 N–H and O–H groups in total. The van der Waals surface area contributed by atoms with Gasteiger partial charge in [-0.15, -0.1) is 0 Å². The van der Waals surface area contributed by atoms with Crippen molar-refractivity contribution in [1.82, 2.24) is 14.9 Å². The van der Waals surface area contributed by atoms with E-state index in [1.165, 1.54) is 7.11 Å². The normalized spacial score (nSPS) is 15.0. The van der Waals surface area contributed by atoms with Crippen molar-refractivity contribution in [2.45, 2.75) is 13.0 Å². The maximum Gasteiger partial charge on any atom is 0.338 e. The molecular formula is C14H15N3O4. The Morgan fingerprint density at radius 2 is 1.95 bits per heavy atom. The van der Waals surface area contributed by atoms with Crippen molar-refractivity contribution < 1.29 is 9.53 Å². The minimum absolute atomic E-state index is 0.425. The van der Waals surface area contributed by atoms with Crippen LogP contribution in [0.3, 0.4) is 0 Å². The van der Waals surface area contributed by atoms with Crippen LogP contribution < -0.4 is 11.1 Å². The highest BCUT2D eigenvalue weighted by atomic mass is 16.5. The maximum absolute atomic E-state index is 12.0. The molecule has 1 aromatic heterocycles. The third-order valence-electron chi connectivity index (χ3n) is 3.82. The quantitative estimate of drug-likeness (QED) is 0.569. The number of nitrogens with zero attached hydrogens (tertiary/aromatic N) is 1. The van der Waals surface area contributed by atoms with Gasteiger partial charge in [-0.2, -0.15) is 0 Å². The number of benzene rings is 1. The lowest BCUT2D eigenvalue weighted by molar-refractivity contribution is 0.0598. The number of aromatic nitrogens is 2. The van der Waals surface area contributed by atoms with Gasteiger partial charge in [-0.25, -0.2) is 4.79 Å². The first-order valence-electron chi connectivity index (χ1n) is 6.59. The van der Waals surface area contributed by atoms with Crippen molar-refractivity contribution in [3.63, 3.8) is 0 Å². The van der Waals surface area contributed by atoms with Gasteiger partial charge in [0.1, 0.15) is 0 Å². The molecule has 0 bridgehead atoms. The summed E-state index contributed by atoms with van der Waals surface area (Å²) in [5.74, 6) is -0.449. The number of aromatic amines is 2. The average molecular weight is 289 g/mol. The molecule has 0 atom stereocenters. The predicted octanol–water partition coefficient (Wildman–Crippen LogP) is -0.00910. The van der Waals surface area contributed by atoms with Crippen LogP contribution in [0.25, 0.3) is 11.0 Å². The third kappa shape index (κ3) is 2.15. The van der Waals surface area contributed by atoms with Crippen LogP contribution >= 0.6 is 0 Å². The van der Waals surface area contributed by atoms with Gasteiger partial charge in [-0.1, -0.05) is 0 Å². The molecular weight excluding hydrogens is 274 g/mol. The van der Waals surface area contributed by atoms with Crippen molar-refractivity contribution in [2.75, 3.05) is 20.7 Å². The van der Waals surface area contributed by atoms with E-state index < -0.39 is 17.1 Å². The van der Waals surface area contributed by atoms with Gasteiger partial charge < -0.3 is 19.6 Å². The monoisotopic (exact) mass is 289 g/mol. The standard InChI is InChI=1S/C14H15N3O4/c1-17-4-3-7-9(6-17)8(14(20)21-2)5-10-11(7)16-13(19)12(18)15-10/h5H,3-4,6H2,1-2H3,(H,15,18)(H,16,19). The zero-order valence-electron chi connectivity index (χ0n) is 11.8. The molecule has 0 saturated carbocycles. The topological polar surface area (TPSA) is 95.3 Å².